The van der Waals surface area contributed by atoms with Crippen LogP contribution in [0.1, 0.15) is 6.42 Å². The zero-order valence-electron chi connectivity index (χ0n) is 6.47. The maximum absolute atomic E-state index is 10.5. The summed E-state index contributed by atoms with van der Waals surface area (Å²) in [5.74, 6) is -1.00. The summed E-state index contributed by atoms with van der Waals surface area (Å²) in [6.07, 6.45) is 3.10. The van der Waals surface area contributed by atoms with Crippen LogP contribution < -0.4 is 0 Å². The van der Waals surface area contributed by atoms with Gasteiger partial charge in [-0.1, -0.05) is 0 Å². The highest BCUT2D eigenvalue weighted by Gasteiger charge is 2.21. The number of aliphatic carboxylic acids is 1. The van der Waals surface area contributed by atoms with E-state index in [0.717, 1.165) is 0 Å². The molecular formula is C7H6ClN3O2. The number of halogens is 1. The first-order chi connectivity index (χ1) is 5.77. The van der Waals surface area contributed by atoms with Gasteiger partial charge in [-0.2, -0.15) is 0 Å². The standard InChI is InChI=1S/C7H5N3O2.ClH/c11-7(12)5-1-4-6(2-8-5)10-3-9-4;/h2-3H,1H2,(H,11,12);1H. The summed E-state index contributed by atoms with van der Waals surface area (Å²) >= 11 is 0. The van der Waals surface area contributed by atoms with Crippen LogP contribution >= 0.6 is 12.4 Å². The van der Waals surface area contributed by atoms with E-state index in [1.807, 2.05) is 0 Å². The Labute approximate surface area is 80.0 Å². The molecule has 2 heterocycles. The van der Waals surface area contributed by atoms with E-state index in [1.54, 1.807) is 0 Å². The quantitative estimate of drug-likeness (QED) is 0.674. The lowest BCUT2D eigenvalue weighted by molar-refractivity contribution is -0.129. The Balaban J connectivity index is 0.000000845. The van der Waals surface area contributed by atoms with E-state index in [4.69, 9.17) is 5.11 Å². The summed E-state index contributed by atoms with van der Waals surface area (Å²) in [5.41, 5.74) is 1.46. The molecule has 0 amide bonds. The maximum Gasteiger partial charge on any atom is 0.350 e. The summed E-state index contributed by atoms with van der Waals surface area (Å²) in [4.78, 5) is 22.0. The fourth-order valence-electron chi connectivity index (χ4n) is 1.02. The Kier molecular flexibility index (Phi) is 2.57. The lowest BCUT2D eigenvalue weighted by atomic mass is 10.1. The molecule has 0 saturated heterocycles. The second kappa shape index (κ2) is 3.49. The van der Waals surface area contributed by atoms with Gasteiger partial charge in [0.2, 0.25) is 0 Å². The monoisotopic (exact) mass is 199 g/mol. The van der Waals surface area contributed by atoms with Gasteiger partial charge in [0, 0.05) is 6.42 Å². The normalized spacial score (nSPS) is 18.0. The van der Waals surface area contributed by atoms with E-state index in [-0.39, 0.29) is 24.5 Å². The van der Waals surface area contributed by atoms with Gasteiger partial charge in [0.15, 0.2) is 0 Å². The zero-order valence-corrected chi connectivity index (χ0v) is 7.28. The van der Waals surface area contributed by atoms with E-state index in [0.29, 0.717) is 11.4 Å². The molecule has 5 nitrogen and oxygen atoms in total. The lowest BCUT2D eigenvalue weighted by Crippen LogP contribution is -2.20. The summed E-state index contributed by atoms with van der Waals surface area (Å²) in [5, 5.41) is 8.60. The van der Waals surface area contributed by atoms with E-state index < -0.39 is 5.97 Å². The molecule has 0 spiro atoms. The van der Waals surface area contributed by atoms with Gasteiger partial charge in [0.25, 0.3) is 0 Å². The van der Waals surface area contributed by atoms with Crippen molar-refractivity contribution < 1.29 is 9.90 Å². The molecule has 0 radical (unpaired) electrons. The van der Waals surface area contributed by atoms with Crippen LogP contribution in [0, 0.1) is 0 Å². The van der Waals surface area contributed by atoms with Crippen molar-refractivity contribution in [2.24, 2.45) is 15.0 Å². The predicted molar refractivity (Wildman–Crippen MR) is 50.9 cm³/mol. The molecule has 1 N–H and O–H groups in total. The molecule has 0 saturated carbocycles. The number of carboxylic acids is 1. The number of carbonyl (C=O) groups is 1. The van der Waals surface area contributed by atoms with Crippen molar-refractivity contribution in [2.45, 2.75) is 6.42 Å². The second-order valence-corrected chi connectivity index (χ2v) is 2.39. The Morgan fingerprint density at radius 3 is 2.92 bits per heavy atom. The minimum atomic E-state index is -1.00. The Morgan fingerprint density at radius 2 is 2.23 bits per heavy atom. The fraction of sp³-hybridized carbons (Fsp3) is 0.143. The molecule has 68 valence electrons. The van der Waals surface area contributed by atoms with Gasteiger partial charge >= 0.3 is 5.97 Å². The van der Waals surface area contributed by atoms with Crippen molar-refractivity contribution in [3.8, 4) is 0 Å². The van der Waals surface area contributed by atoms with Crippen LogP contribution in [0.5, 0.6) is 0 Å². The van der Waals surface area contributed by atoms with Crippen molar-refractivity contribution in [3.63, 3.8) is 0 Å². The highest BCUT2D eigenvalue weighted by Crippen LogP contribution is 2.14. The largest absolute Gasteiger partial charge is 0.477 e. The summed E-state index contributed by atoms with van der Waals surface area (Å²) < 4.78 is 0. The molecule has 0 fully saturated rings. The van der Waals surface area contributed by atoms with Gasteiger partial charge in [0.1, 0.15) is 17.7 Å². The lowest BCUT2D eigenvalue weighted by Gasteiger charge is -2.05. The number of fused-ring (bicyclic) bond motifs is 1. The van der Waals surface area contributed by atoms with Gasteiger partial charge in [-0.05, 0) is 0 Å². The average molecular weight is 200 g/mol. The first-order valence-corrected chi connectivity index (χ1v) is 3.37. The Hall–Kier alpha value is -1.49. The molecule has 0 aromatic rings. The molecule has 0 aliphatic carbocycles. The van der Waals surface area contributed by atoms with Crippen LogP contribution in [0.15, 0.2) is 26.9 Å². The van der Waals surface area contributed by atoms with Crippen LogP contribution in [0.2, 0.25) is 0 Å². The highest BCUT2D eigenvalue weighted by atomic mass is 35.5. The van der Waals surface area contributed by atoms with Gasteiger partial charge in [-0.25, -0.2) is 14.8 Å². The number of hydrogen-bond donors (Lipinski definition) is 1. The molecule has 13 heavy (non-hydrogen) atoms. The average Bonchev–Trinajstić information content (AvgIpc) is 2.49. The van der Waals surface area contributed by atoms with E-state index in [1.165, 1.54) is 12.5 Å². The van der Waals surface area contributed by atoms with Gasteiger partial charge in [-0.3, -0.25) is 4.99 Å². The third kappa shape index (κ3) is 1.65. The van der Waals surface area contributed by atoms with Crippen molar-refractivity contribution in [1.29, 1.82) is 0 Å². The first-order valence-electron chi connectivity index (χ1n) is 3.37. The van der Waals surface area contributed by atoms with Crippen LogP contribution in [-0.4, -0.2) is 28.8 Å². The first kappa shape index (κ1) is 9.60. The predicted octanol–water partition coefficient (Wildman–Crippen LogP) is 0.662. The second-order valence-electron chi connectivity index (χ2n) is 2.39. The fourth-order valence-corrected chi connectivity index (χ4v) is 1.02. The molecule has 2 rings (SSSR count). The summed E-state index contributed by atoms with van der Waals surface area (Å²) in [6, 6.07) is 0. The van der Waals surface area contributed by atoms with E-state index in [2.05, 4.69) is 15.0 Å². The number of nitrogens with zero attached hydrogens (tertiary/aromatic N) is 3. The minimum absolute atomic E-state index is 0. The molecule has 2 aliphatic rings. The summed E-state index contributed by atoms with van der Waals surface area (Å²) in [7, 11) is 0. The van der Waals surface area contributed by atoms with Crippen LogP contribution in [-0.2, 0) is 4.79 Å². The Bertz CT molecular complexity index is 368. The van der Waals surface area contributed by atoms with Crippen molar-refractivity contribution >= 4 is 36.1 Å². The number of carboxylic acid groups (broad SMARTS) is 1. The van der Waals surface area contributed by atoms with Gasteiger partial charge < -0.3 is 5.11 Å². The molecule has 2 aliphatic heterocycles. The molecule has 6 heteroatoms. The van der Waals surface area contributed by atoms with Crippen molar-refractivity contribution in [2.75, 3.05) is 0 Å². The van der Waals surface area contributed by atoms with Crippen molar-refractivity contribution in [3.05, 3.63) is 11.9 Å². The number of hydrogen-bond acceptors (Lipinski definition) is 4. The van der Waals surface area contributed by atoms with Gasteiger partial charge in [0.05, 0.1) is 11.9 Å². The van der Waals surface area contributed by atoms with Gasteiger partial charge in [-0.15, -0.1) is 12.4 Å². The highest BCUT2D eigenvalue weighted by molar-refractivity contribution is 6.41. The van der Waals surface area contributed by atoms with E-state index in [9.17, 15) is 4.79 Å². The summed E-state index contributed by atoms with van der Waals surface area (Å²) in [6.45, 7) is 0. The minimum Gasteiger partial charge on any atom is -0.477 e. The number of allylic oxidation sites excluding steroid dienone is 1. The number of rotatable bonds is 1. The smallest absolute Gasteiger partial charge is 0.350 e. The molecule has 0 aromatic carbocycles. The van der Waals surface area contributed by atoms with Crippen molar-refractivity contribution in [1.82, 2.24) is 0 Å². The van der Waals surface area contributed by atoms with Crippen LogP contribution in [0.3, 0.4) is 0 Å². The molecular weight excluding hydrogens is 194 g/mol. The SMILES string of the molecule is Cl.O=C(O)C1=NC=C2N=CN=C2C1. The van der Waals surface area contributed by atoms with Crippen LogP contribution in [0.25, 0.3) is 0 Å². The number of aliphatic imine (C=N–C) groups is 3. The Morgan fingerprint density at radius 1 is 1.46 bits per heavy atom. The van der Waals surface area contributed by atoms with E-state index >= 15 is 0 Å². The topological polar surface area (TPSA) is 74.4 Å². The zero-order chi connectivity index (χ0) is 8.55. The molecule has 0 unspecified atom stereocenters. The molecule has 0 bridgehead atoms. The third-order valence-electron chi connectivity index (χ3n) is 1.63. The molecule has 0 atom stereocenters. The maximum atomic E-state index is 10.5. The van der Waals surface area contributed by atoms with Crippen LogP contribution in [0.4, 0.5) is 0 Å². The molecule has 0 aromatic heterocycles. The third-order valence-corrected chi connectivity index (χ3v) is 1.63.